The maximum Gasteiger partial charge on any atom is 0.147 e. The summed E-state index contributed by atoms with van der Waals surface area (Å²) >= 11 is 11.8. The molecular formula is C25H38Cl2FN2O4-. The van der Waals surface area contributed by atoms with Gasteiger partial charge in [0.25, 0.3) is 0 Å². The number of aliphatic carboxylic acids is 1. The lowest BCUT2D eigenvalue weighted by atomic mass is 9.66. The number of alkyl halides is 3. The van der Waals surface area contributed by atoms with E-state index in [2.05, 4.69) is 4.90 Å². The highest BCUT2D eigenvalue weighted by atomic mass is 35.5. The summed E-state index contributed by atoms with van der Waals surface area (Å²) in [6.45, 7) is 6.47. The van der Waals surface area contributed by atoms with Crippen molar-refractivity contribution < 1.29 is 23.9 Å². The zero-order chi connectivity index (χ0) is 25.0. The summed E-state index contributed by atoms with van der Waals surface area (Å²) in [5.41, 5.74) is 0. The van der Waals surface area contributed by atoms with Gasteiger partial charge < -0.3 is 14.8 Å². The van der Waals surface area contributed by atoms with E-state index in [1.54, 1.807) is 0 Å². The molecule has 5 atom stereocenters. The number of halogens is 3. The van der Waals surface area contributed by atoms with E-state index in [1.807, 2.05) is 18.7 Å². The Morgan fingerprint density at radius 3 is 2.26 bits per heavy atom. The number of likely N-dealkylation sites (tertiary alicyclic amines) is 1. The monoisotopic (exact) mass is 519 g/mol. The van der Waals surface area contributed by atoms with E-state index >= 15 is 4.39 Å². The van der Waals surface area contributed by atoms with Crippen LogP contribution in [-0.2, 0) is 14.4 Å². The Kier molecular flexibility index (Phi) is 10.2. The topological polar surface area (TPSA) is 80.8 Å². The molecule has 3 fully saturated rings. The molecule has 0 N–H and O–H groups in total. The fourth-order valence-electron chi connectivity index (χ4n) is 6.41. The number of Topliss-reactive ketones (excluding diaryl/α,β-unsaturated/α-hetero) is 2. The molecule has 5 unspecified atom stereocenters. The molecule has 2 aliphatic carbocycles. The second-order valence-electron chi connectivity index (χ2n) is 10.6. The normalized spacial score (nSPS) is 34.9. The van der Waals surface area contributed by atoms with E-state index < -0.39 is 35.7 Å². The van der Waals surface area contributed by atoms with Crippen molar-refractivity contribution in [2.45, 2.75) is 70.6 Å². The molecule has 0 aromatic heterocycles. The van der Waals surface area contributed by atoms with Crippen molar-refractivity contribution >= 4 is 40.7 Å². The maximum absolute atomic E-state index is 15.3. The van der Waals surface area contributed by atoms with Gasteiger partial charge in [-0.3, -0.25) is 14.5 Å². The third-order valence-corrected chi connectivity index (χ3v) is 8.62. The molecule has 0 aromatic rings. The molecule has 1 heterocycles. The smallest absolute Gasteiger partial charge is 0.147 e. The number of piperidine rings is 1. The van der Waals surface area contributed by atoms with Crippen molar-refractivity contribution in [3.8, 4) is 0 Å². The maximum atomic E-state index is 15.3. The van der Waals surface area contributed by atoms with Gasteiger partial charge in [0, 0.05) is 61.9 Å². The van der Waals surface area contributed by atoms with Crippen molar-refractivity contribution in [3.05, 3.63) is 0 Å². The van der Waals surface area contributed by atoms with Gasteiger partial charge in [0.15, 0.2) is 0 Å². The first-order valence-corrected chi connectivity index (χ1v) is 13.8. The number of carbonyl (C=O) groups is 3. The molecule has 0 amide bonds. The lowest BCUT2D eigenvalue weighted by Crippen LogP contribution is -2.63. The third kappa shape index (κ3) is 6.32. The first-order valence-electron chi connectivity index (χ1n) is 12.7. The Hall–Kier alpha value is -0.760. The molecule has 194 valence electrons. The number of carboxylic acids is 1. The summed E-state index contributed by atoms with van der Waals surface area (Å²) in [6.07, 6.45) is 2.18. The molecule has 0 bridgehead atoms. The predicted molar refractivity (Wildman–Crippen MR) is 129 cm³/mol. The van der Waals surface area contributed by atoms with Crippen LogP contribution in [0.5, 0.6) is 0 Å². The fraction of sp³-hybridized carbons (Fsp3) is 0.880. The van der Waals surface area contributed by atoms with Gasteiger partial charge in [-0.15, -0.1) is 23.2 Å². The van der Waals surface area contributed by atoms with E-state index in [0.717, 1.165) is 45.3 Å². The molecule has 34 heavy (non-hydrogen) atoms. The molecule has 0 spiro atoms. The zero-order valence-electron chi connectivity index (χ0n) is 20.3. The van der Waals surface area contributed by atoms with Crippen LogP contribution < -0.4 is 5.11 Å². The van der Waals surface area contributed by atoms with Crippen molar-refractivity contribution in [2.24, 2.45) is 29.6 Å². The Labute approximate surface area is 212 Å². The number of ketones is 2. The highest BCUT2D eigenvalue weighted by Crippen LogP contribution is 2.43. The summed E-state index contributed by atoms with van der Waals surface area (Å²) in [7, 11) is 0. The first-order chi connectivity index (χ1) is 16.2. The summed E-state index contributed by atoms with van der Waals surface area (Å²) in [6, 6.07) is -0.297. The largest absolute Gasteiger partial charge is 0.549 e. The van der Waals surface area contributed by atoms with Gasteiger partial charge in [-0.05, 0) is 58.3 Å². The van der Waals surface area contributed by atoms with Crippen LogP contribution in [0.15, 0.2) is 0 Å². The van der Waals surface area contributed by atoms with Crippen LogP contribution in [-0.4, -0.2) is 83.5 Å². The Morgan fingerprint density at radius 1 is 1.12 bits per heavy atom. The van der Waals surface area contributed by atoms with E-state index in [4.69, 9.17) is 23.2 Å². The minimum Gasteiger partial charge on any atom is -0.549 e. The summed E-state index contributed by atoms with van der Waals surface area (Å²) in [4.78, 5) is 42.0. The molecule has 1 saturated heterocycles. The van der Waals surface area contributed by atoms with Gasteiger partial charge in [0.05, 0.1) is 17.8 Å². The molecule has 6 nitrogen and oxygen atoms in total. The highest BCUT2D eigenvalue weighted by Gasteiger charge is 2.51. The molecular weight excluding hydrogens is 482 g/mol. The number of hydrogen-bond acceptors (Lipinski definition) is 6. The molecule has 0 radical (unpaired) electrons. The van der Waals surface area contributed by atoms with Crippen molar-refractivity contribution in [2.75, 3.05) is 37.9 Å². The van der Waals surface area contributed by atoms with E-state index in [9.17, 15) is 19.5 Å². The molecule has 0 aromatic carbocycles. The number of hydrogen-bond donors (Lipinski definition) is 0. The highest BCUT2D eigenvalue weighted by molar-refractivity contribution is 6.18. The van der Waals surface area contributed by atoms with Gasteiger partial charge in [0.2, 0.25) is 0 Å². The molecule has 3 rings (SSSR count). The van der Waals surface area contributed by atoms with Crippen molar-refractivity contribution in [3.63, 3.8) is 0 Å². The quantitative estimate of drug-likeness (QED) is 0.326. The molecule has 3 aliphatic rings. The lowest BCUT2D eigenvalue weighted by molar-refractivity contribution is -0.311. The second-order valence-corrected chi connectivity index (χ2v) is 11.4. The van der Waals surface area contributed by atoms with Crippen LogP contribution in [0, 0.1) is 29.6 Å². The minimum absolute atomic E-state index is 0.00581. The van der Waals surface area contributed by atoms with Crippen LogP contribution >= 0.6 is 23.2 Å². The molecule has 1 aliphatic heterocycles. The average molecular weight is 520 g/mol. The number of fused-ring (bicyclic) bond motifs is 1. The van der Waals surface area contributed by atoms with E-state index in [-0.39, 0.29) is 43.2 Å². The SMILES string of the molecule is CC(C)N1CC(C(=O)[O-])C(=O)C2CC(F)C(C(=O)C3CCC(CN(CCCl)CCCl)CC3)CC21. The molecule has 9 heteroatoms. The zero-order valence-corrected chi connectivity index (χ0v) is 21.8. The van der Waals surface area contributed by atoms with Crippen molar-refractivity contribution in [1.29, 1.82) is 0 Å². The van der Waals surface area contributed by atoms with E-state index in [1.165, 1.54) is 0 Å². The predicted octanol–water partition coefficient (Wildman–Crippen LogP) is 2.53. The second kappa shape index (κ2) is 12.5. The number of nitrogens with zero attached hydrogens (tertiary/aromatic N) is 2. The third-order valence-electron chi connectivity index (χ3n) is 8.28. The van der Waals surface area contributed by atoms with Crippen molar-refractivity contribution in [1.82, 2.24) is 9.80 Å². The lowest BCUT2D eigenvalue weighted by Gasteiger charge is -2.50. The summed E-state index contributed by atoms with van der Waals surface area (Å²) in [5, 5.41) is 11.5. The first kappa shape index (κ1) is 27.8. The Morgan fingerprint density at radius 2 is 1.74 bits per heavy atom. The van der Waals surface area contributed by atoms with Crippen LogP contribution in [0.2, 0.25) is 0 Å². The molecule has 2 saturated carbocycles. The Balaban J connectivity index is 1.62. The standard InChI is InChI=1S/C25H39Cl2FN2O4/c1-15(2)30-14-20(25(33)34)24(32)19-11-21(28)18(12-22(19)30)23(31)17-5-3-16(4-6-17)13-29(9-7-26)10-8-27/h15-22H,3-14H2,1-2H3,(H,33,34)/p-1. The van der Waals surface area contributed by atoms with Gasteiger partial charge in [-0.1, -0.05) is 0 Å². The van der Waals surface area contributed by atoms with Crippen LogP contribution in [0.25, 0.3) is 0 Å². The summed E-state index contributed by atoms with van der Waals surface area (Å²) < 4.78 is 15.3. The van der Waals surface area contributed by atoms with Gasteiger partial charge in [-0.25, -0.2) is 4.39 Å². The van der Waals surface area contributed by atoms with Crippen LogP contribution in [0.3, 0.4) is 0 Å². The van der Waals surface area contributed by atoms with Crippen LogP contribution in [0.1, 0.15) is 52.4 Å². The van der Waals surface area contributed by atoms with Gasteiger partial charge in [0.1, 0.15) is 17.7 Å². The number of rotatable bonds is 10. The van der Waals surface area contributed by atoms with Gasteiger partial charge in [-0.2, -0.15) is 0 Å². The van der Waals surface area contributed by atoms with E-state index in [0.29, 0.717) is 17.7 Å². The minimum atomic E-state index is -1.41. The average Bonchev–Trinajstić information content (AvgIpc) is 2.79. The summed E-state index contributed by atoms with van der Waals surface area (Å²) in [5.74, 6) is -3.02. The van der Waals surface area contributed by atoms with Gasteiger partial charge >= 0.3 is 0 Å². The van der Waals surface area contributed by atoms with Crippen LogP contribution in [0.4, 0.5) is 4.39 Å². The Bertz CT molecular complexity index is 726. The number of carbonyl (C=O) groups excluding carboxylic acids is 3. The number of carboxylic acid groups (broad SMARTS) is 1. The fourth-order valence-corrected chi connectivity index (χ4v) is 6.89.